The van der Waals surface area contributed by atoms with Crippen molar-refractivity contribution in [2.24, 2.45) is 5.16 Å². The van der Waals surface area contributed by atoms with Crippen molar-refractivity contribution in [2.75, 3.05) is 0 Å². The van der Waals surface area contributed by atoms with Gasteiger partial charge in [0.15, 0.2) is 0 Å². The van der Waals surface area contributed by atoms with Crippen LogP contribution in [0.2, 0.25) is 10.0 Å². The van der Waals surface area contributed by atoms with Gasteiger partial charge in [-0.3, -0.25) is 0 Å². The van der Waals surface area contributed by atoms with Gasteiger partial charge in [0.05, 0.1) is 11.3 Å². The first-order valence-corrected chi connectivity index (χ1v) is 7.90. The fourth-order valence-electron chi connectivity index (χ4n) is 2.64. The summed E-state index contributed by atoms with van der Waals surface area (Å²) in [6.45, 7) is 0. The Balaban J connectivity index is 2.05. The van der Waals surface area contributed by atoms with Crippen LogP contribution in [0.4, 0.5) is 17.6 Å². The van der Waals surface area contributed by atoms with Gasteiger partial charge in [-0.2, -0.15) is 18.4 Å². The van der Waals surface area contributed by atoms with Crippen LogP contribution in [0.5, 0.6) is 0 Å². The molecular formula is C17H8Cl2F4N2O. The maximum atomic E-state index is 13.9. The van der Waals surface area contributed by atoms with Crippen molar-refractivity contribution in [3.05, 3.63) is 69.0 Å². The van der Waals surface area contributed by atoms with Gasteiger partial charge >= 0.3 is 6.18 Å². The van der Waals surface area contributed by atoms with E-state index in [9.17, 15) is 17.6 Å². The first kappa shape index (κ1) is 18.5. The largest absolute Gasteiger partial charge is 0.435 e. The molecule has 0 aliphatic carbocycles. The van der Waals surface area contributed by atoms with Crippen LogP contribution in [-0.2, 0) is 10.4 Å². The third-order valence-corrected chi connectivity index (χ3v) is 4.37. The van der Waals surface area contributed by atoms with Gasteiger partial charge in [0.25, 0.3) is 5.60 Å². The van der Waals surface area contributed by atoms with Gasteiger partial charge in [0.2, 0.25) is 0 Å². The lowest BCUT2D eigenvalue weighted by atomic mass is 9.86. The molecular weight excluding hydrogens is 395 g/mol. The van der Waals surface area contributed by atoms with E-state index in [1.165, 1.54) is 12.1 Å². The van der Waals surface area contributed by atoms with Gasteiger partial charge in [0.1, 0.15) is 11.9 Å². The lowest BCUT2D eigenvalue weighted by Crippen LogP contribution is -2.42. The minimum absolute atomic E-state index is 0.0155. The van der Waals surface area contributed by atoms with Crippen molar-refractivity contribution in [1.29, 1.82) is 5.26 Å². The fourth-order valence-corrected chi connectivity index (χ4v) is 3.16. The summed E-state index contributed by atoms with van der Waals surface area (Å²) in [4.78, 5) is 4.84. The predicted molar refractivity (Wildman–Crippen MR) is 87.5 cm³/mol. The molecule has 1 aliphatic heterocycles. The molecule has 0 radical (unpaired) electrons. The van der Waals surface area contributed by atoms with E-state index in [4.69, 9.17) is 33.3 Å². The molecule has 1 unspecified atom stereocenters. The van der Waals surface area contributed by atoms with Crippen LogP contribution in [-0.4, -0.2) is 11.9 Å². The first-order chi connectivity index (χ1) is 12.2. The van der Waals surface area contributed by atoms with Crippen LogP contribution >= 0.6 is 23.2 Å². The highest BCUT2D eigenvalue weighted by Gasteiger charge is 2.62. The molecule has 26 heavy (non-hydrogen) atoms. The Labute approximate surface area is 155 Å². The molecule has 0 fully saturated rings. The average molecular weight is 403 g/mol. The highest BCUT2D eigenvalue weighted by molar-refractivity contribution is 6.34. The molecule has 2 aromatic rings. The summed E-state index contributed by atoms with van der Waals surface area (Å²) in [6.07, 6.45) is -5.51. The molecule has 3 nitrogen and oxygen atoms in total. The first-order valence-electron chi connectivity index (χ1n) is 7.14. The quantitative estimate of drug-likeness (QED) is 0.614. The second-order valence-electron chi connectivity index (χ2n) is 5.60. The maximum Gasteiger partial charge on any atom is 0.435 e. The molecule has 1 heterocycles. The number of benzene rings is 2. The Bertz CT molecular complexity index is 933. The number of halogens is 6. The maximum absolute atomic E-state index is 13.9. The summed E-state index contributed by atoms with van der Waals surface area (Å²) in [5.74, 6) is -0.778. The zero-order chi connectivity index (χ0) is 19.1. The van der Waals surface area contributed by atoms with Crippen molar-refractivity contribution in [1.82, 2.24) is 0 Å². The summed E-state index contributed by atoms with van der Waals surface area (Å²) in [5.41, 5.74) is -3.31. The van der Waals surface area contributed by atoms with Crippen LogP contribution < -0.4 is 0 Å². The van der Waals surface area contributed by atoms with Crippen molar-refractivity contribution in [3.8, 4) is 6.07 Å². The molecule has 0 aromatic heterocycles. The average Bonchev–Trinajstić information content (AvgIpc) is 3.01. The summed E-state index contributed by atoms with van der Waals surface area (Å²) in [7, 11) is 0. The zero-order valence-electron chi connectivity index (χ0n) is 12.7. The number of alkyl halides is 3. The number of nitriles is 1. The second kappa shape index (κ2) is 6.45. The topological polar surface area (TPSA) is 45.4 Å². The van der Waals surface area contributed by atoms with Crippen LogP contribution in [0.3, 0.4) is 0 Å². The summed E-state index contributed by atoms with van der Waals surface area (Å²) in [6, 6.07) is 8.47. The molecule has 0 saturated carbocycles. The van der Waals surface area contributed by atoms with E-state index in [1.807, 2.05) is 0 Å². The van der Waals surface area contributed by atoms with Crippen molar-refractivity contribution < 1.29 is 22.4 Å². The molecule has 0 amide bonds. The Hall–Kier alpha value is -2.30. The minimum atomic E-state index is -4.83. The van der Waals surface area contributed by atoms with Crippen molar-refractivity contribution in [3.63, 3.8) is 0 Å². The molecule has 0 N–H and O–H groups in total. The highest BCUT2D eigenvalue weighted by Crippen LogP contribution is 2.49. The molecule has 3 rings (SSSR count). The Morgan fingerprint density at radius 1 is 1.12 bits per heavy atom. The molecule has 1 aliphatic rings. The van der Waals surface area contributed by atoms with Crippen LogP contribution in [0.15, 0.2) is 41.6 Å². The number of oxime groups is 1. The van der Waals surface area contributed by atoms with E-state index in [0.29, 0.717) is 0 Å². The lowest BCUT2D eigenvalue weighted by molar-refractivity contribution is -0.275. The lowest BCUT2D eigenvalue weighted by Gasteiger charge is -2.29. The predicted octanol–water partition coefficient (Wildman–Crippen LogP) is 5.59. The molecule has 134 valence electrons. The fraction of sp³-hybridized carbons (Fsp3) is 0.176. The molecule has 0 bridgehead atoms. The van der Waals surface area contributed by atoms with E-state index in [0.717, 1.165) is 24.3 Å². The van der Waals surface area contributed by atoms with Crippen LogP contribution in [0.25, 0.3) is 0 Å². The van der Waals surface area contributed by atoms with Gasteiger partial charge in [-0.15, -0.1) is 0 Å². The van der Waals surface area contributed by atoms with Crippen molar-refractivity contribution >= 4 is 28.9 Å². The Morgan fingerprint density at radius 3 is 2.35 bits per heavy atom. The SMILES string of the molecule is N#Cc1cc(C2=NOC(c3cc(Cl)cc(Cl)c3)(C(F)(F)F)C2)ccc1F. The van der Waals surface area contributed by atoms with Crippen molar-refractivity contribution in [2.45, 2.75) is 18.2 Å². The number of hydrogen-bond donors (Lipinski definition) is 0. The molecule has 0 spiro atoms. The van der Waals surface area contributed by atoms with Gasteiger partial charge in [-0.05, 0) is 30.3 Å². The van der Waals surface area contributed by atoms with E-state index >= 15 is 0 Å². The van der Waals surface area contributed by atoms with Gasteiger partial charge in [-0.1, -0.05) is 34.4 Å². The summed E-state index contributed by atoms with van der Waals surface area (Å²) >= 11 is 11.7. The van der Waals surface area contributed by atoms with E-state index in [-0.39, 0.29) is 32.4 Å². The smallest absolute Gasteiger partial charge is 0.374 e. The normalized spacial score (nSPS) is 19.7. The Kier molecular flexibility index (Phi) is 4.59. The third-order valence-electron chi connectivity index (χ3n) is 3.93. The van der Waals surface area contributed by atoms with Gasteiger partial charge in [-0.25, -0.2) is 4.39 Å². The van der Waals surface area contributed by atoms with Gasteiger partial charge in [0, 0.05) is 27.6 Å². The Morgan fingerprint density at radius 2 is 1.77 bits per heavy atom. The molecule has 1 atom stereocenters. The number of nitrogens with zero attached hydrogens (tertiary/aromatic N) is 2. The number of hydrogen-bond acceptors (Lipinski definition) is 3. The highest BCUT2D eigenvalue weighted by atomic mass is 35.5. The molecule has 0 saturated heterocycles. The molecule has 9 heteroatoms. The van der Waals surface area contributed by atoms with E-state index in [1.54, 1.807) is 6.07 Å². The van der Waals surface area contributed by atoms with Gasteiger partial charge < -0.3 is 4.84 Å². The zero-order valence-corrected chi connectivity index (χ0v) is 14.3. The van der Waals surface area contributed by atoms with E-state index < -0.39 is 24.0 Å². The molecule has 2 aromatic carbocycles. The summed E-state index contributed by atoms with van der Waals surface area (Å²) < 4.78 is 55.0. The second-order valence-corrected chi connectivity index (χ2v) is 6.47. The monoisotopic (exact) mass is 402 g/mol. The minimum Gasteiger partial charge on any atom is -0.374 e. The van der Waals surface area contributed by atoms with Crippen LogP contribution in [0.1, 0.15) is 23.1 Å². The van der Waals surface area contributed by atoms with Crippen LogP contribution in [0, 0.1) is 17.1 Å². The third kappa shape index (κ3) is 3.11. The standard InChI is InChI=1S/C17H8Cl2F4N2O/c18-12-4-11(5-13(19)6-12)16(17(21,22)23)7-15(25-26-16)9-1-2-14(20)10(3-9)8-24/h1-6H,7H2. The number of rotatable bonds is 2. The van der Waals surface area contributed by atoms with E-state index in [2.05, 4.69) is 5.16 Å². The summed E-state index contributed by atoms with van der Waals surface area (Å²) in [5, 5.41) is 12.5.